The summed E-state index contributed by atoms with van der Waals surface area (Å²) < 4.78 is 46.2. The summed E-state index contributed by atoms with van der Waals surface area (Å²) in [4.78, 5) is 4.82. The lowest BCUT2D eigenvalue weighted by Crippen LogP contribution is -2.56. The van der Waals surface area contributed by atoms with Crippen LogP contribution in [0.4, 0.5) is 24.5 Å². The summed E-state index contributed by atoms with van der Waals surface area (Å²) in [5.74, 6) is -0.880. The molecule has 0 saturated carbocycles. The molecule has 33 heavy (non-hydrogen) atoms. The van der Waals surface area contributed by atoms with Gasteiger partial charge in [-0.3, -0.25) is 4.90 Å². The number of anilines is 2. The molecular weight excluding hydrogens is 431 g/mol. The van der Waals surface area contributed by atoms with Crippen molar-refractivity contribution in [3.8, 4) is 0 Å². The Morgan fingerprint density at radius 1 is 1.06 bits per heavy atom. The number of nitrogens with one attached hydrogen (secondary N) is 1. The zero-order chi connectivity index (χ0) is 22.9. The Morgan fingerprint density at radius 3 is 2.52 bits per heavy atom. The van der Waals surface area contributed by atoms with Crippen molar-refractivity contribution in [2.45, 2.75) is 25.4 Å². The van der Waals surface area contributed by atoms with E-state index in [-0.39, 0.29) is 5.56 Å². The van der Waals surface area contributed by atoms with E-state index in [4.69, 9.17) is 4.74 Å². The van der Waals surface area contributed by atoms with E-state index in [1.165, 1.54) is 12.1 Å². The predicted molar refractivity (Wildman–Crippen MR) is 121 cm³/mol. The van der Waals surface area contributed by atoms with Crippen LogP contribution in [0.5, 0.6) is 0 Å². The van der Waals surface area contributed by atoms with E-state index in [0.29, 0.717) is 17.2 Å². The van der Waals surface area contributed by atoms with Gasteiger partial charge in [0.05, 0.1) is 48.3 Å². The number of halogens is 3. The average molecular weight is 458 g/mol. The van der Waals surface area contributed by atoms with Gasteiger partial charge in [0.1, 0.15) is 5.82 Å². The van der Waals surface area contributed by atoms with Crippen molar-refractivity contribution in [2.24, 2.45) is 0 Å². The molecule has 6 nitrogen and oxygen atoms in total. The van der Waals surface area contributed by atoms with Crippen LogP contribution in [0.15, 0.2) is 42.6 Å². The third-order valence-electron chi connectivity index (χ3n) is 6.57. The molecular formula is C24H26F3N5O. The fourth-order valence-corrected chi connectivity index (χ4v) is 4.52. The van der Waals surface area contributed by atoms with Gasteiger partial charge in [-0.25, -0.2) is 13.2 Å². The predicted octanol–water partition coefficient (Wildman–Crippen LogP) is 4.40. The van der Waals surface area contributed by atoms with E-state index in [0.717, 1.165) is 56.5 Å². The molecule has 0 bridgehead atoms. The number of rotatable bonds is 6. The molecule has 1 aromatic heterocycles. The van der Waals surface area contributed by atoms with Crippen LogP contribution in [-0.4, -0.2) is 60.5 Å². The molecule has 2 fully saturated rings. The summed E-state index contributed by atoms with van der Waals surface area (Å²) in [7, 11) is 0. The van der Waals surface area contributed by atoms with E-state index in [2.05, 4.69) is 31.4 Å². The fourth-order valence-electron chi connectivity index (χ4n) is 4.52. The zero-order valence-electron chi connectivity index (χ0n) is 18.3. The molecule has 0 amide bonds. The van der Waals surface area contributed by atoms with Crippen molar-refractivity contribution in [2.75, 3.05) is 49.6 Å². The molecule has 2 saturated heterocycles. The topological polar surface area (TPSA) is 53.5 Å². The molecule has 174 valence electrons. The third-order valence-corrected chi connectivity index (χ3v) is 6.57. The van der Waals surface area contributed by atoms with Gasteiger partial charge in [-0.1, -0.05) is 18.2 Å². The highest BCUT2D eigenvalue weighted by Gasteiger charge is 2.29. The second-order valence-electron chi connectivity index (χ2n) is 8.59. The maximum absolute atomic E-state index is 14.6. The minimum atomic E-state index is -2.86. The number of alkyl halides is 2. The Hall–Kier alpha value is -2.91. The normalized spacial score (nSPS) is 18.5. The van der Waals surface area contributed by atoms with Crippen LogP contribution in [0.25, 0.3) is 10.9 Å². The van der Waals surface area contributed by atoms with Crippen molar-refractivity contribution in [1.29, 1.82) is 0 Å². The van der Waals surface area contributed by atoms with Crippen LogP contribution in [0.3, 0.4) is 0 Å². The molecule has 0 spiro atoms. The summed E-state index contributed by atoms with van der Waals surface area (Å²) in [5.41, 5.74) is 2.07. The van der Waals surface area contributed by atoms with Gasteiger partial charge in [-0.05, 0) is 25.1 Å². The smallest absolute Gasteiger partial charge is 0.266 e. The van der Waals surface area contributed by atoms with Gasteiger partial charge >= 0.3 is 0 Å². The van der Waals surface area contributed by atoms with Gasteiger partial charge in [-0.2, -0.15) is 10.2 Å². The maximum atomic E-state index is 14.6. The highest BCUT2D eigenvalue weighted by molar-refractivity contribution is 5.93. The molecule has 0 radical (unpaired) electrons. The van der Waals surface area contributed by atoms with Crippen molar-refractivity contribution in [3.63, 3.8) is 0 Å². The van der Waals surface area contributed by atoms with E-state index in [1.54, 1.807) is 13.1 Å². The number of piperazine rings is 1. The second-order valence-corrected chi connectivity index (χ2v) is 8.59. The lowest BCUT2D eigenvalue weighted by molar-refractivity contribution is -0.0660. The Kier molecular flexibility index (Phi) is 6.07. The summed E-state index contributed by atoms with van der Waals surface area (Å²) in [5, 5.41) is 12.4. The number of fused-ring (bicyclic) bond motifs is 1. The van der Waals surface area contributed by atoms with Gasteiger partial charge in [0.2, 0.25) is 0 Å². The highest BCUT2D eigenvalue weighted by Crippen LogP contribution is 2.32. The molecule has 1 N–H and O–H groups in total. The average Bonchev–Trinajstić information content (AvgIpc) is 2.78. The van der Waals surface area contributed by atoms with Crippen LogP contribution in [0, 0.1) is 5.82 Å². The maximum Gasteiger partial charge on any atom is 0.266 e. The Bertz CT molecular complexity index is 1130. The summed E-state index contributed by atoms with van der Waals surface area (Å²) in [6, 6.07) is 10.1. The molecule has 3 aromatic rings. The first-order chi connectivity index (χ1) is 16.0. The lowest BCUT2D eigenvalue weighted by atomic mass is 10.0. The molecule has 9 heteroatoms. The quantitative estimate of drug-likeness (QED) is 0.592. The highest BCUT2D eigenvalue weighted by atomic mass is 19.3. The largest absolute Gasteiger partial charge is 0.378 e. The van der Waals surface area contributed by atoms with Crippen LogP contribution in [0.2, 0.25) is 0 Å². The fraction of sp³-hybridized carbons (Fsp3) is 0.417. The van der Waals surface area contributed by atoms with Crippen LogP contribution in [0.1, 0.15) is 30.5 Å². The van der Waals surface area contributed by atoms with Gasteiger partial charge in [0, 0.05) is 42.8 Å². The second kappa shape index (κ2) is 9.15. The summed E-state index contributed by atoms with van der Waals surface area (Å²) in [6.45, 7) is 7.21. The molecule has 0 aliphatic carbocycles. The van der Waals surface area contributed by atoms with Crippen LogP contribution < -0.4 is 10.2 Å². The van der Waals surface area contributed by atoms with E-state index < -0.39 is 23.8 Å². The van der Waals surface area contributed by atoms with Crippen molar-refractivity contribution < 1.29 is 17.9 Å². The Labute approximate surface area is 190 Å². The molecule has 3 heterocycles. The number of hydrogen-bond donors (Lipinski definition) is 1. The van der Waals surface area contributed by atoms with E-state index in [9.17, 15) is 13.2 Å². The monoisotopic (exact) mass is 457 g/mol. The molecule has 1 atom stereocenters. The van der Waals surface area contributed by atoms with Crippen LogP contribution >= 0.6 is 0 Å². The number of hydrogen-bond acceptors (Lipinski definition) is 6. The SMILES string of the molecule is C[C@@H](Nc1cnnc2ccc(N3CCN(C4COC4)CC3)cc12)c1cccc(C(F)F)c1F. The standard InChI is InChI=1S/C24H26F3N5O/c1-15(18-3-2-4-19(23(18)25)24(26)27)29-22-12-28-30-21-6-5-16(11-20(21)22)31-7-9-32(10-8-31)17-13-33-14-17/h2-6,11-12,15,17,24H,7-10,13-14H2,1H3,(H,29,30)/t15-/m1/s1. The van der Waals surface area contributed by atoms with Crippen molar-refractivity contribution in [3.05, 3.63) is 59.5 Å². The first-order valence-electron chi connectivity index (χ1n) is 11.2. The van der Waals surface area contributed by atoms with Crippen molar-refractivity contribution >= 4 is 22.3 Å². The van der Waals surface area contributed by atoms with Gasteiger partial charge in [0.25, 0.3) is 6.43 Å². The number of benzene rings is 2. The number of aromatic nitrogens is 2. The van der Waals surface area contributed by atoms with Crippen LogP contribution in [-0.2, 0) is 4.74 Å². The minimum absolute atomic E-state index is 0.185. The summed E-state index contributed by atoms with van der Waals surface area (Å²) >= 11 is 0. The van der Waals surface area contributed by atoms with Gasteiger partial charge < -0.3 is 15.0 Å². The lowest BCUT2D eigenvalue weighted by Gasteiger charge is -2.43. The third kappa shape index (κ3) is 4.35. The number of ether oxygens (including phenoxy) is 1. The Morgan fingerprint density at radius 2 is 1.82 bits per heavy atom. The van der Waals surface area contributed by atoms with Crippen molar-refractivity contribution in [1.82, 2.24) is 15.1 Å². The molecule has 5 rings (SSSR count). The molecule has 2 aromatic carbocycles. The molecule has 2 aliphatic rings. The summed E-state index contributed by atoms with van der Waals surface area (Å²) in [6.07, 6.45) is -1.27. The minimum Gasteiger partial charge on any atom is -0.378 e. The van der Waals surface area contributed by atoms with Gasteiger partial charge in [0.15, 0.2) is 0 Å². The zero-order valence-corrected chi connectivity index (χ0v) is 18.3. The Balaban J connectivity index is 1.37. The molecule has 0 unspecified atom stereocenters. The van der Waals surface area contributed by atoms with Gasteiger partial charge in [-0.15, -0.1) is 0 Å². The number of nitrogens with zero attached hydrogens (tertiary/aromatic N) is 4. The first-order valence-corrected chi connectivity index (χ1v) is 11.2. The van der Waals surface area contributed by atoms with E-state index >= 15 is 0 Å². The first kappa shape index (κ1) is 21.9. The van der Waals surface area contributed by atoms with E-state index in [1.807, 2.05) is 12.1 Å². The molecule has 2 aliphatic heterocycles.